The first-order valence-corrected chi connectivity index (χ1v) is 32.2. The predicted octanol–water partition coefficient (Wildman–Crippen LogP) is 20.3. The average Bonchev–Trinajstić information content (AvgIpc) is 1.53. The third-order valence-electron chi connectivity index (χ3n) is 19.7. The quantitative estimate of drug-likeness (QED) is 0.159. The molecule has 3 atom stereocenters. The maximum atomic E-state index is 5.79. The fourth-order valence-electron chi connectivity index (χ4n) is 15.9. The zero-order valence-corrected chi connectivity index (χ0v) is 50.2. The Balaban J connectivity index is 0.810. The van der Waals surface area contributed by atoms with Crippen molar-refractivity contribution in [3.8, 4) is 68.1 Å². The van der Waals surface area contributed by atoms with Gasteiger partial charge in [0.15, 0.2) is 0 Å². The van der Waals surface area contributed by atoms with Crippen molar-refractivity contribution in [2.75, 3.05) is 0 Å². The number of rotatable bonds is 7. The van der Waals surface area contributed by atoms with E-state index in [4.69, 9.17) is 19.9 Å². The Labute approximate surface area is 516 Å². The zero-order valence-electron chi connectivity index (χ0n) is 48.5. The summed E-state index contributed by atoms with van der Waals surface area (Å²) in [4.78, 5) is 24.1. The van der Waals surface area contributed by atoms with Gasteiger partial charge in [-0.3, -0.25) is 9.13 Å². The average molecular weight is 1160 g/mol. The first kappa shape index (κ1) is 50.2. The van der Waals surface area contributed by atoms with Gasteiger partial charge in [-0.2, -0.15) is 0 Å². The lowest BCUT2D eigenvalue weighted by molar-refractivity contribution is 0.587. The molecular weight excluding hydrogens is 1110 g/mol. The highest BCUT2D eigenvalue weighted by Crippen LogP contribution is 2.60. The Morgan fingerprint density at radius 2 is 1.11 bits per heavy atom. The van der Waals surface area contributed by atoms with Gasteiger partial charge < -0.3 is 0 Å². The van der Waals surface area contributed by atoms with E-state index < -0.39 is 5.41 Å². The maximum absolute atomic E-state index is 5.79. The summed E-state index contributed by atoms with van der Waals surface area (Å²) < 4.78 is 7.43. The number of hydrogen-bond donors (Lipinski definition) is 0. The van der Waals surface area contributed by atoms with Gasteiger partial charge in [0.25, 0.3) is 0 Å². The summed E-state index contributed by atoms with van der Waals surface area (Å²) in [6.45, 7) is 7.26. The molecule has 0 amide bonds. The Bertz CT molecular complexity index is 5590. The number of thiophene rings is 1. The van der Waals surface area contributed by atoms with E-state index in [1.54, 1.807) is 0 Å². The number of benzene rings is 10. The van der Waals surface area contributed by atoms with E-state index in [-0.39, 0.29) is 11.3 Å². The summed E-state index contributed by atoms with van der Waals surface area (Å²) >= 11 is 3.85. The van der Waals surface area contributed by atoms with Gasteiger partial charge in [-0.1, -0.05) is 227 Å². The minimum absolute atomic E-state index is 0.269. The van der Waals surface area contributed by atoms with E-state index >= 15 is 0 Å². The van der Waals surface area contributed by atoms with Crippen LogP contribution in [0.15, 0.2) is 254 Å². The molecular formula is C80H54N6S2. The molecule has 0 bridgehead atoms. The minimum atomic E-state index is -0.470. The summed E-state index contributed by atoms with van der Waals surface area (Å²) in [6.07, 6.45) is 9.92. The summed E-state index contributed by atoms with van der Waals surface area (Å²) in [7, 11) is 0. The van der Waals surface area contributed by atoms with Crippen LogP contribution in [-0.2, 0) is 17.3 Å². The van der Waals surface area contributed by atoms with Gasteiger partial charge in [-0.25, -0.2) is 19.9 Å². The normalized spacial score (nSPS) is 17.5. The van der Waals surface area contributed by atoms with Crippen molar-refractivity contribution in [1.29, 1.82) is 0 Å². The van der Waals surface area contributed by atoms with Crippen molar-refractivity contribution >= 4 is 86.9 Å². The Morgan fingerprint density at radius 3 is 1.94 bits per heavy atom. The molecule has 1 aliphatic heterocycles. The molecule has 6 heterocycles. The van der Waals surface area contributed by atoms with Gasteiger partial charge in [0, 0.05) is 90.9 Å². The highest BCUT2D eigenvalue weighted by atomic mass is 32.2. The number of aromatic nitrogens is 6. The Morgan fingerprint density at radius 1 is 0.455 bits per heavy atom. The number of hydrogen-bond acceptors (Lipinski definition) is 6. The maximum Gasteiger partial charge on any atom is 0.235 e. The monoisotopic (exact) mass is 1160 g/mol. The first-order chi connectivity index (χ1) is 43.3. The molecule has 15 aromatic rings. The molecule has 4 aliphatic rings. The summed E-state index contributed by atoms with van der Waals surface area (Å²) in [5.41, 5.74) is 22.2. The van der Waals surface area contributed by atoms with Gasteiger partial charge in [0.05, 0.1) is 44.8 Å². The third-order valence-corrected chi connectivity index (χ3v) is 22.2. The molecule has 19 rings (SSSR count). The van der Waals surface area contributed by atoms with Gasteiger partial charge in [-0.15, -0.1) is 23.1 Å². The molecule has 0 spiro atoms. The fraction of sp³-hybridized carbons (Fsp3) is 0.100. The van der Waals surface area contributed by atoms with Crippen molar-refractivity contribution in [2.24, 2.45) is 0 Å². The molecule has 3 unspecified atom stereocenters. The summed E-state index contributed by atoms with van der Waals surface area (Å²) in [5.74, 6) is 1.62. The van der Waals surface area contributed by atoms with Gasteiger partial charge in [0.1, 0.15) is 0 Å². The molecule has 10 aromatic carbocycles. The molecule has 416 valence electrons. The van der Waals surface area contributed by atoms with Crippen LogP contribution in [-0.4, -0.2) is 34.3 Å². The molecule has 0 radical (unpaired) electrons. The SMILES string of the molecule is CC1(C)c2ccccc2-c2c1c1c3c(ccc1n2-c1nc(-c2cccc(CC4(C)c5ccccc5-c5c4c4ccc6c(c4n5-c4nc(-c5ccccc5)c5cc(-c7ccccc7)ccc5n4)SC4C=CC=CC64)c2)c2ccccc2n1)sc1ccccc13. The zero-order chi connectivity index (χ0) is 58.1. The van der Waals surface area contributed by atoms with Crippen LogP contribution in [0.2, 0.25) is 0 Å². The van der Waals surface area contributed by atoms with Gasteiger partial charge >= 0.3 is 0 Å². The molecule has 3 aliphatic carbocycles. The number of nitrogens with zero attached hydrogens (tertiary/aromatic N) is 6. The van der Waals surface area contributed by atoms with Crippen LogP contribution in [0.3, 0.4) is 0 Å². The van der Waals surface area contributed by atoms with Crippen molar-refractivity contribution in [3.05, 3.63) is 282 Å². The highest BCUT2D eigenvalue weighted by molar-refractivity contribution is 8.00. The van der Waals surface area contributed by atoms with Crippen LogP contribution in [0.25, 0.3) is 132 Å². The second-order valence-corrected chi connectivity index (χ2v) is 27.2. The smallest absolute Gasteiger partial charge is 0.235 e. The van der Waals surface area contributed by atoms with Crippen LogP contribution in [0.4, 0.5) is 0 Å². The van der Waals surface area contributed by atoms with Crippen LogP contribution < -0.4 is 0 Å². The molecule has 8 heteroatoms. The number of allylic oxidation sites excluding steroid dienone is 3. The number of fused-ring (bicyclic) bond motifs is 20. The second-order valence-electron chi connectivity index (χ2n) is 25.0. The topological polar surface area (TPSA) is 61.4 Å². The van der Waals surface area contributed by atoms with Crippen LogP contribution in [0.1, 0.15) is 60.1 Å². The standard InChI is InChI=1S/C80H54N6S2/c1-79(2)59-32-15-10-28-53(59)74-70(79)68-63(41-42-66-67(68)56-31-14-19-36-65(56)87-66)85(74)77-81-61-34-17-12-30-55(61)72(84-77)50-26-20-21-46(43-50)45-80(3)60-33-16-11-29-54(60)73-69(80)57-39-38-52-51-27-13-18-35-64(51)88-76(52)75(57)86(73)78-82-62-40-37-49(47-22-6-4-7-23-47)44-58(62)71(83-78)48-24-8-5-9-25-48/h4-44,51,64H,45H2,1-3H3. The van der Waals surface area contributed by atoms with Gasteiger partial charge in [-0.05, 0) is 93.4 Å². The molecule has 88 heavy (non-hydrogen) atoms. The Hall–Kier alpha value is -9.99. The van der Waals surface area contributed by atoms with Crippen molar-refractivity contribution in [3.63, 3.8) is 0 Å². The van der Waals surface area contributed by atoms with E-state index in [0.717, 1.165) is 73.1 Å². The molecule has 5 aromatic heterocycles. The fourth-order valence-corrected chi connectivity index (χ4v) is 18.5. The van der Waals surface area contributed by atoms with Crippen molar-refractivity contribution < 1.29 is 0 Å². The largest absolute Gasteiger partial charge is 0.278 e. The lowest BCUT2D eigenvalue weighted by Gasteiger charge is -2.28. The van der Waals surface area contributed by atoms with Gasteiger partial charge in [0.2, 0.25) is 11.9 Å². The number of thioether (sulfide) groups is 1. The second kappa shape index (κ2) is 18.5. The number of para-hydroxylation sites is 1. The molecule has 0 fully saturated rings. The van der Waals surface area contributed by atoms with E-state index in [9.17, 15) is 0 Å². The molecule has 0 N–H and O–H groups in total. The predicted molar refractivity (Wildman–Crippen MR) is 366 cm³/mol. The molecule has 6 nitrogen and oxygen atoms in total. The minimum Gasteiger partial charge on any atom is -0.278 e. The lowest BCUT2D eigenvalue weighted by Crippen LogP contribution is -2.24. The first-order valence-electron chi connectivity index (χ1n) is 30.5. The van der Waals surface area contributed by atoms with Crippen LogP contribution >= 0.6 is 23.1 Å². The van der Waals surface area contributed by atoms with E-state index in [1.807, 2.05) is 23.1 Å². The summed E-state index contributed by atoms with van der Waals surface area (Å²) in [6, 6.07) is 82.1. The molecule has 0 saturated carbocycles. The third kappa shape index (κ3) is 7.01. The van der Waals surface area contributed by atoms with Crippen LogP contribution in [0, 0.1) is 0 Å². The van der Waals surface area contributed by atoms with Crippen LogP contribution in [0.5, 0.6) is 0 Å². The van der Waals surface area contributed by atoms with E-state index in [0.29, 0.717) is 17.1 Å². The van der Waals surface area contributed by atoms with Crippen molar-refractivity contribution in [2.45, 2.75) is 54.1 Å². The molecule has 0 saturated heterocycles. The van der Waals surface area contributed by atoms with E-state index in [1.165, 1.54) is 91.6 Å². The lowest BCUT2D eigenvalue weighted by atomic mass is 9.74. The van der Waals surface area contributed by atoms with E-state index in [2.05, 4.69) is 279 Å². The van der Waals surface area contributed by atoms with Crippen molar-refractivity contribution in [1.82, 2.24) is 29.1 Å². The highest BCUT2D eigenvalue weighted by Gasteiger charge is 2.47. The Kier molecular flexibility index (Phi) is 10.6. The summed E-state index contributed by atoms with van der Waals surface area (Å²) in [5, 5.41) is 7.47.